The van der Waals surface area contributed by atoms with Crippen LogP contribution in [0.25, 0.3) is 71.7 Å². The second kappa shape index (κ2) is 14.4. The van der Waals surface area contributed by atoms with Gasteiger partial charge in [-0.1, -0.05) is 188 Å². The molecule has 3 aliphatic carbocycles. The van der Waals surface area contributed by atoms with Crippen LogP contribution in [0.15, 0.2) is 228 Å². The van der Waals surface area contributed by atoms with Gasteiger partial charge in [0, 0.05) is 22.4 Å². The van der Waals surface area contributed by atoms with Crippen molar-refractivity contribution in [3.05, 3.63) is 229 Å². The van der Waals surface area contributed by atoms with E-state index in [0.29, 0.717) is 0 Å². The first-order valence-corrected chi connectivity index (χ1v) is 20.4. The molecule has 1 heterocycles. The molecule has 276 valence electrons. The average molecular weight is 744 g/mol. The van der Waals surface area contributed by atoms with Crippen LogP contribution in [0.1, 0.15) is 18.4 Å². The molecule has 11 rings (SSSR count). The third kappa shape index (κ3) is 5.88. The smallest absolute Gasteiger partial charge is 0.143 e. The zero-order valence-corrected chi connectivity index (χ0v) is 32.1. The molecule has 58 heavy (non-hydrogen) atoms. The van der Waals surface area contributed by atoms with Crippen molar-refractivity contribution in [2.24, 2.45) is 5.92 Å². The van der Waals surface area contributed by atoms with Crippen molar-refractivity contribution in [3.8, 4) is 33.4 Å². The van der Waals surface area contributed by atoms with Crippen LogP contribution < -0.4 is 4.90 Å². The number of allylic oxidation sites excluding steroid dienone is 9. The van der Waals surface area contributed by atoms with E-state index in [4.69, 9.17) is 4.42 Å². The number of rotatable bonds is 7. The number of benzene rings is 7. The highest BCUT2D eigenvalue weighted by Crippen LogP contribution is 2.47. The molecule has 3 aliphatic rings. The predicted molar refractivity (Wildman–Crippen MR) is 245 cm³/mol. The highest BCUT2D eigenvalue weighted by molar-refractivity contribution is 6.22. The molecular weight excluding hydrogens is 703 g/mol. The van der Waals surface area contributed by atoms with E-state index in [-0.39, 0.29) is 12.0 Å². The molecule has 0 radical (unpaired) electrons. The molecule has 0 spiro atoms. The van der Waals surface area contributed by atoms with Crippen LogP contribution in [-0.4, -0.2) is 6.04 Å². The molecule has 2 nitrogen and oxygen atoms in total. The summed E-state index contributed by atoms with van der Waals surface area (Å²) in [6, 6.07) is 57.0. The fraction of sp³-hybridized carbons (Fsp3) is 0.0714. The van der Waals surface area contributed by atoms with Crippen molar-refractivity contribution in [2.45, 2.75) is 18.9 Å². The molecule has 0 bridgehead atoms. The zero-order chi connectivity index (χ0) is 38.4. The molecule has 2 heteroatoms. The molecule has 1 aromatic heterocycles. The molecule has 0 N–H and O–H groups in total. The largest absolute Gasteiger partial charge is 0.455 e. The normalized spacial score (nSPS) is 17.3. The Morgan fingerprint density at radius 2 is 1.24 bits per heavy atom. The molecule has 0 saturated heterocycles. The van der Waals surface area contributed by atoms with Gasteiger partial charge in [0.25, 0.3) is 0 Å². The highest BCUT2D eigenvalue weighted by atomic mass is 16.3. The van der Waals surface area contributed by atoms with Crippen molar-refractivity contribution in [3.63, 3.8) is 0 Å². The SMILES string of the molecule is C1=CC2=CC=CC(N(C3=CC(c4ccc(-c5ccccc5)cc4)=CCC3)c3cccc4oc5c6ccccc6c(-c6ccccc6-c6ccccc6)cc5c34)C2C=C1. The van der Waals surface area contributed by atoms with Crippen LogP contribution in [0.4, 0.5) is 5.69 Å². The standard InChI is InChI=1S/C56H41NO/c1-3-16-38(17-4-1)39-32-34-40(35-33-39)43-22-13-23-44(36-43)57(52-29-14-21-42-20-7-8-25-46(42)52)53-30-15-31-54-55(53)51-37-50(48-27-11-12-28-49(48)56(51)58-54)47-26-10-9-24-45(47)41-18-5-2-6-19-41/h1-12,14-22,24-37,46,52H,13,23H2. The van der Waals surface area contributed by atoms with Gasteiger partial charge in [0.1, 0.15) is 11.2 Å². The zero-order valence-electron chi connectivity index (χ0n) is 32.1. The van der Waals surface area contributed by atoms with E-state index in [0.717, 1.165) is 40.2 Å². The van der Waals surface area contributed by atoms with Gasteiger partial charge in [-0.2, -0.15) is 0 Å². The maximum Gasteiger partial charge on any atom is 0.143 e. The van der Waals surface area contributed by atoms with Gasteiger partial charge < -0.3 is 9.32 Å². The van der Waals surface area contributed by atoms with Gasteiger partial charge in [-0.15, -0.1) is 0 Å². The first-order chi connectivity index (χ1) is 28.8. The van der Waals surface area contributed by atoms with Gasteiger partial charge in [0.05, 0.1) is 17.1 Å². The summed E-state index contributed by atoms with van der Waals surface area (Å²) >= 11 is 0. The molecule has 0 saturated carbocycles. The monoisotopic (exact) mass is 743 g/mol. The molecule has 0 aliphatic heterocycles. The maximum absolute atomic E-state index is 6.97. The van der Waals surface area contributed by atoms with E-state index in [1.54, 1.807) is 0 Å². The van der Waals surface area contributed by atoms with Crippen LogP contribution in [0.5, 0.6) is 0 Å². The van der Waals surface area contributed by atoms with E-state index in [1.165, 1.54) is 66.9 Å². The highest BCUT2D eigenvalue weighted by Gasteiger charge is 2.33. The van der Waals surface area contributed by atoms with Gasteiger partial charge in [0.15, 0.2) is 0 Å². The Hall–Kier alpha value is -7.16. The van der Waals surface area contributed by atoms with Crippen LogP contribution in [0.2, 0.25) is 0 Å². The van der Waals surface area contributed by atoms with Gasteiger partial charge >= 0.3 is 0 Å². The average Bonchev–Trinajstić information content (AvgIpc) is 3.69. The third-order valence-electron chi connectivity index (χ3n) is 12.1. The number of furan rings is 1. The Labute approximate surface area is 339 Å². The lowest BCUT2D eigenvalue weighted by molar-refractivity contribution is 0.611. The van der Waals surface area contributed by atoms with Crippen molar-refractivity contribution in [1.82, 2.24) is 0 Å². The number of fused-ring (bicyclic) bond motifs is 6. The van der Waals surface area contributed by atoms with Gasteiger partial charge in [-0.3, -0.25) is 0 Å². The minimum atomic E-state index is 0.0709. The fourth-order valence-corrected chi connectivity index (χ4v) is 9.41. The van der Waals surface area contributed by atoms with Gasteiger partial charge in [-0.25, -0.2) is 0 Å². The Bertz CT molecular complexity index is 3040. The molecule has 0 amide bonds. The van der Waals surface area contributed by atoms with E-state index in [1.807, 2.05) is 0 Å². The quantitative estimate of drug-likeness (QED) is 0.162. The summed E-state index contributed by atoms with van der Waals surface area (Å²) in [6.45, 7) is 0. The maximum atomic E-state index is 6.97. The minimum Gasteiger partial charge on any atom is -0.455 e. The lowest BCUT2D eigenvalue weighted by atomic mass is 9.82. The molecule has 8 aromatic rings. The lowest BCUT2D eigenvalue weighted by Gasteiger charge is -2.41. The summed E-state index contributed by atoms with van der Waals surface area (Å²) in [4.78, 5) is 2.63. The Kier molecular flexibility index (Phi) is 8.47. The fourth-order valence-electron chi connectivity index (χ4n) is 9.41. The summed E-state index contributed by atoms with van der Waals surface area (Å²) in [5, 5.41) is 4.58. The second-order valence-corrected chi connectivity index (χ2v) is 15.5. The van der Waals surface area contributed by atoms with Gasteiger partial charge in [0.2, 0.25) is 0 Å². The summed E-state index contributed by atoms with van der Waals surface area (Å²) in [5.41, 5.74) is 15.4. The van der Waals surface area contributed by atoms with E-state index >= 15 is 0 Å². The van der Waals surface area contributed by atoms with Crippen LogP contribution >= 0.6 is 0 Å². The van der Waals surface area contributed by atoms with Crippen molar-refractivity contribution in [1.29, 1.82) is 0 Å². The van der Waals surface area contributed by atoms with E-state index < -0.39 is 0 Å². The summed E-state index contributed by atoms with van der Waals surface area (Å²) in [5.74, 6) is 0.206. The Balaban J connectivity index is 1.12. The molecule has 2 atom stereocenters. The van der Waals surface area contributed by atoms with Crippen LogP contribution in [0, 0.1) is 5.92 Å². The minimum absolute atomic E-state index is 0.0709. The number of nitrogens with zero attached hydrogens (tertiary/aromatic N) is 1. The molecule has 7 aromatic carbocycles. The Morgan fingerprint density at radius 3 is 2.07 bits per heavy atom. The Morgan fingerprint density at radius 1 is 0.534 bits per heavy atom. The number of anilines is 1. The third-order valence-corrected chi connectivity index (χ3v) is 12.1. The lowest BCUT2D eigenvalue weighted by Crippen LogP contribution is -2.40. The first-order valence-electron chi connectivity index (χ1n) is 20.4. The van der Waals surface area contributed by atoms with E-state index in [9.17, 15) is 0 Å². The second-order valence-electron chi connectivity index (χ2n) is 15.5. The summed E-state index contributed by atoms with van der Waals surface area (Å²) in [6.07, 6.45) is 22.7. The van der Waals surface area contributed by atoms with Crippen molar-refractivity contribution < 1.29 is 4.42 Å². The number of hydrogen-bond acceptors (Lipinski definition) is 2. The summed E-state index contributed by atoms with van der Waals surface area (Å²) < 4.78 is 6.97. The van der Waals surface area contributed by atoms with Gasteiger partial charge in [-0.05, 0) is 92.6 Å². The van der Waals surface area contributed by atoms with E-state index in [2.05, 4.69) is 217 Å². The molecular formula is C56H41NO. The summed E-state index contributed by atoms with van der Waals surface area (Å²) in [7, 11) is 0. The first kappa shape index (κ1) is 34.1. The number of hydrogen-bond donors (Lipinski definition) is 0. The van der Waals surface area contributed by atoms with Crippen molar-refractivity contribution in [2.75, 3.05) is 4.90 Å². The molecule has 2 unspecified atom stereocenters. The molecule has 0 fully saturated rings. The van der Waals surface area contributed by atoms with Crippen LogP contribution in [-0.2, 0) is 0 Å². The van der Waals surface area contributed by atoms with Crippen molar-refractivity contribution >= 4 is 44.0 Å². The topological polar surface area (TPSA) is 16.4 Å². The predicted octanol–water partition coefficient (Wildman–Crippen LogP) is 14.9. The van der Waals surface area contributed by atoms with Crippen LogP contribution in [0.3, 0.4) is 0 Å².